The highest BCUT2D eigenvalue weighted by Gasteiger charge is 2.35. The molecular formula is C16H23FN2O. The standard InChI is InChI=1S/C16H23FN2O/c1-11(9-18)8-16(20)19-10-12(2)7-15(19)13-5-3-4-6-14(13)17/h3-6,11-12,15H,7-10,18H2,1-2H3/t11-,12+,15+/m0/s1. The minimum absolute atomic E-state index is 0.0838. The van der Waals surface area contributed by atoms with Crippen LogP contribution < -0.4 is 5.73 Å². The number of carbonyl (C=O) groups is 1. The second-order valence-electron chi connectivity index (χ2n) is 5.97. The topological polar surface area (TPSA) is 46.3 Å². The average molecular weight is 278 g/mol. The molecule has 1 aromatic rings. The molecule has 0 aliphatic carbocycles. The highest BCUT2D eigenvalue weighted by atomic mass is 19.1. The van der Waals surface area contributed by atoms with E-state index in [1.54, 1.807) is 12.1 Å². The number of carbonyl (C=O) groups excluding carboxylic acids is 1. The van der Waals surface area contributed by atoms with Gasteiger partial charge in [-0.1, -0.05) is 32.0 Å². The molecule has 1 aliphatic heterocycles. The number of benzene rings is 1. The van der Waals surface area contributed by atoms with E-state index in [1.165, 1.54) is 6.07 Å². The van der Waals surface area contributed by atoms with Crippen LogP contribution in [0.15, 0.2) is 24.3 Å². The van der Waals surface area contributed by atoms with Gasteiger partial charge < -0.3 is 10.6 Å². The van der Waals surface area contributed by atoms with Crippen LogP contribution in [0.3, 0.4) is 0 Å². The maximum absolute atomic E-state index is 14.0. The van der Waals surface area contributed by atoms with Crippen molar-refractivity contribution in [2.75, 3.05) is 13.1 Å². The molecule has 110 valence electrons. The molecule has 1 fully saturated rings. The SMILES string of the molecule is C[C@H](CN)CC(=O)N1C[C@H](C)C[C@@H]1c1ccccc1F. The molecular weight excluding hydrogens is 255 g/mol. The summed E-state index contributed by atoms with van der Waals surface area (Å²) in [6, 6.07) is 6.62. The molecule has 0 radical (unpaired) electrons. The van der Waals surface area contributed by atoms with Crippen LogP contribution in [0.1, 0.15) is 38.3 Å². The number of rotatable bonds is 4. The van der Waals surface area contributed by atoms with Crippen molar-refractivity contribution in [3.63, 3.8) is 0 Å². The van der Waals surface area contributed by atoms with E-state index < -0.39 is 0 Å². The molecule has 1 aliphatic rings. The monoisotopic (exact) mass is 278 g/mol. The Kier molecular flexibility index (Phi) is 4.76. The number of nitrogens with zero attached hydrogens (tertiary/aromatic N) is 1. The van der Waals surface area contributed by atoms with E-state index in [0.717, 1.165) is 6.42 Å². The zero-order chi connectivity index (χ0) is 14.7. The molecule has 0 aromatic heterocycles. The molecule has 0 saturated carbocycles. The van der Waals surface area contributed by atoms with Gasteiger partial charge in [0.15, 0.2) is 0 Å². The summed E-state index contributed by atoms with van der Waals surface area (Å²) in [5.41, 5.74) is 6.22. The van der Waals surface area contributed by atoms with Gasteiger partial charge in [0.1, 0.15) is 5.82 Å². The van der Waals surface area contributed by atoms with Crippen LogP contribution in [0.25, 0.3) is 0 Å². The lowest BCUT2D eigenvalue weighted by atomic mass is 10.00. The molecule has 1 amide bonds. The summed E-state index contributed by atoms with van der Waals surface area (Å²) in [6.45, 7) is 5.28. The zero-order valence-corrected chi connectivity index (χ0v) is 12.2. The summed E-state index contributed by atoms with van der Waals surface area (Å²) in [5, 5.41) is 0. The van der Waals surface area contributed by atoms with E-state index in [0.29, 0.717) is 31.0 Å². The van der Waals surface area contributed by atoms with E-state index in [9.17, 15) is 9.18 Å². The van der Waals surface area contributed by atoms with E-state index in [2.05, 4.69) is 6.92 Å². The molecule has 2 N–H and O–H groups in total. The fourth-order valence-corrected chi connectivity index (χ4v) is 2.86. The highest BCUT2D eigenvalue weighted by molar-refractivity contribution is 5.77. The van der Waals surface area contributed by atoms with Crippen LogP contribution in [0.4, 0.5) is 4.39 Å². The van der Waals surface area contributed by atoms with E-state index in [1.807, 2.05) is 17.9 Å². The van der Waals surface area contributed by atoms with Crippen LogP contribution in [-0.4, -0.2) is 23.9 Å². The normalized spacial score (nSPS) is 23.9. The van der Waals surface area contributed by atoms with Gasteiger partial charge in [-0.25, -0.2) is 4.39 Å². The third-order valence-corrected chi connectivity index (χ3v) is 4.02. The van der Waals surface area contributed by atoms with Gasteiger partial charge in [-0.3, -0.25) is 4.79 Å². The summed E-state index contributed by atoms with van der Waals surface area (Å²) < 4.78 is 14.0. The van der Waals surface area contributed by atoms with Gasteiger partial charge in [-0.2, -0.15) is 0 Å². The molecule has 0 bridgehead atoms. The van der Waals surface area contributed by atoms with Crippen LogP contribution in [0.2, 0.25) is 0 Å². The number of hydrogen-bond acceptors (Lipinski definition) is 2. The maximum atomic E-state index is 14.0. The number of amides is 1. The predicted octanol–water partition coefficient (Wildman–Crippen LogP) is 2.72. The lowest BCUT2D eigenvalue weighted by Gasteiger charge is -2.26. The summed E-state index contributed by atoms with van der Waals surface area (Å²) >= 11 is 0. The van der Waals surface area contributed by atoms with E-state index in [-0.39, 0.29) is 23.7 Å². The Balaban J connectivity index is 2.19. The lowest BCUT2D eigenvalue weighted by Crippen LogP contribution is -2.33. The van der Waals surface area contributed by atoms with Crippen molar-refractivity contribution in [2.45, 2.75) is 32.7 Å². The minimum Gasteiger partial charge on any atom is -0.335 e. The molecule has 3 atom stereocenters. The quantitative estimate of drug-likeness (QED) is 0.920. The molecule has 1 heterocycles. The number of halogens is 1. The van der Waals surface area contributed by atoms with Crippen LogP contribution in [-0.2, 0) is 4.79 Å². The van der Waals surface area contributed by atoms with Crippen molar-refractivity contribution in [3.8, 4) is 0 Å². The third kappa shape index (κ3) is 3.18. The minimum atomic E-state index is -0.226. The summed E-state index contributed by atoms with van der Waals surface area (Å²) in [7, 11) is 0. The van der Waals surface area contributed by atoms with Gasteiger partial charge in [0.2, 0.25) is 5.91 Å². The molecule has 1 saturated heterocycles. The van der Waals surface area contributed by atoms with Gasteiger partial charge >= 0.3 is 0 Å². The number of likely N-dealkylation sites (tertiary alicyclic amines) is 1. The molecule has 2 rings (SSSR count). The fourth-order valence-electron chi connectivity index (χ4n) is 2.86. The molecule has 3 nitrogen and oxygen atoms in total. The fraction of sp³-hybridized carbons (Fsp3) is 0.562. The Hall–Kier alpha value is -1.42. The maximum Gasteiger partial charge on any atom is 0.223 e. The number of hydrogen-bond donors (Lipinski definition) is 1. The Labute approximate surface area is 120 Å². The van der Waals surface area contributed by atoms with Crippen LogP contribution in [0.5, 0.6) is 0 Å². The van der Waals surface area contributed by atoms with Crippen molar-refractivity contribution >= 4 is 5.91 Å². The van der Waals surface area contributed by atoms with Gasteiger partial charge in [0.25, 0.3) is 0 Å². The lowest BCUT2D eigenvalue weighted by molar-refractivity contribution is -0.133. The molecule has 0 unspecified atom stereocenters. The summed E-state index contributed by atoms with van der Waals surface area (Å²) in [4.78, 5) is 14.2. The summed E-state index contributed by atoms with van der Waals surface area (Å²) in [5.74, 6) is 0.424. The average Bonchev–Trinajstić information content (AvgIpc) is 2.81. The Bertz CT molecular complexity index is 477. The predicted molar refractivity (Wildman–Crippen MR) is 77.5 cm³/mol. The largest absolute Gasteiger partial charge is 0.335 e. The second-order valence-corrected chi connectivity index (χ2v) is 5.97. The molecule has 0 spiro atoms. The van der Waals surface area contributed by atoms with Gasteiger partial charge in [-0.15, -0.1) is 0 Å². The zero-order valence-electron chi connectivity index (χ0n) is 12.2. The Morgan fingerprint density at radius 1 is 1.50 bits per heavy atom. The van der Waals surface area contributed by atoms with Gasteiger partial charge in [0.05, 0.1) is 6.04 Å². The first-order chi connectivity index (χ1) is 9.52. The third-order valence-electron chi connectivity index (χ3n) is 4.02. The first-order valence-electron chi connectivity index (χ1n) is 7.26. The van der Waals surface area contributed by atoms with Crippen molar-refractivity contribution in [3.05, 3.63) is 35.6 Å². The van der Waals surface area contributed by atoms with E-state index in [4.69, 9.17) is 5.73 Å². The Morgan fingerprint density at radius 2 is 2.20 bits per heavy atom. The van der Waals surface area contributed by atoms with Crippen LogP contribution >= 0.6 is 0 Å². The van der Waals surface area contributed by atoms with Gasteiger partial charge in [-0.05, 0) is 30.9 Å². The summed E-state index contributed by atoms with van der Waals surface area (Å²) in [6.07, 6.45) is 1.26. The van der Waals surface area contributed by atoms with Crippen molar-refractivity contribution < 1.29 is 9.18 Å². The number of nitrogens with two attached hydrogens (primary N) is 1. The first-order valence-corrected chi connectivity index (χ1v) is 7.26. The molecule has 20 heavy (non-hydrogen) atoms. The Morgan fingerprint density at radius 3 is 2.85 bits per heavy atom. The van der Waals surface area contributed by atoms with Gasteiger partial charge in [0, 0.05) is 18.5 Å². The highest BCUT2D eigenvalue weighted by Crippen LogP contribution is 2.36. The van der Waals surface area contributed by atoms with Crippen molar-refractivity contribution in [1.29, 1.82) is 0 Å². The van der Waals surface area contributed by atoms with Crippen molar-refractivity contribution in [1.82, 2.24) is 4.90 Å². The van der Waals surface area contributed by atoms with Crippen molar-refractivity contribution in [2.24, 2.45) is 17.6 Å². The van der Waals surface area contributed by atoms with E-state index >= 15 is 0 Å². The second kappa shape index (κ2) is 6.35. The molecule has 4 heteroatoms. The van der Waals surface area contributed by atoms with Crippen LogP contribution in [0, 0.1) is 17.7 Å². The molecule has 1 aromatic carbocycles. The smallest absolute Gasteiger partial charge is 0.223 e. The first kappa shape index (κ1) is 15.0.